The molecule has 0 saturated carbocycles. The van der Waals surface area contributed by atoms with E-state index in [1.165, 1.54) is 12.3 Å². The van der Waals surface area contributed by atoms with Crippen molar-refractivity contribution >= 4 is 16.8 Å². The Kier molecular flexibility index (Phi) is 5.31. The second kappa shape index (κ2) is 7.53. The van der Waals surface area contributed by atoms with Crippen molar-refractivity contribution in [3.05, 3.63) is 57.4 Å². The molecule has 1 amide bonds. The van der Waals surface area contributed by atoms with Crippen LogP contribution in [-0.4, -0.2) is 25.5 Å². The molecule has 1 aromatic carbocycles. The van der Waals surface area contributed by atoms with Gasteiger partial charge in [-0.3, -0.25) is 14.3 Å². The number of rotatable bonds is 5. The van der Waals surface area contributed by atoms with Gasteiger partial charge < -0.3 is 5.32 Å². The quantitative estimate of drug-likeness (QED) is 0.732. The molecule has 0 radical (unpaired) electrons. The SMILES string of the molecule is Cc1ccc(C(C)NC(=O)Cn2ncc3c(c(C(C)C)nn3C)c2=O)c(F)c1. The molecule has 148 valence electrons. The van der Waals surface area contributed by atoms with Crippen LogP contribution in [0.4, 0.5) is 4.39 Å². The molecule has 2 aromatic heterocycles. The van der Waals surface area contributed by atoms with Gasteiger partial charge in [0.1, 0.15) is 12.4 Å². The van der Waals surface area contributed by atoms with E-state index in [2.05, 4.69) is 15.5 Å². The number of carbonyl (C=O) groups is 1. The Labute approximate surface area is 162 Å². The lowest BCUT2D eigenvalue weighted by atomic mass is 10.1. The van der Waals surface area contributed by atoms with Gasteiger partial charge in [-0.15, -0.1) is 0 Å². The monoisotopic (exact) mass is 385 g/mol. The zero-order chi connectivity index (χ0) is 20.6. The molecular formula is C20H24FN5O2. The second-order valence-corrected chi connectivity index (χ2v) is 7.35. The summed E-state index contributed by atoms with van der Waals surface area (Å²) in [7, 11) is 1.75. The number of benzene rings is 1. The van der Waals surface area contributed by atoms with Crippen molar-refractivity contribution in [1.82, 2.24) is 24.9 Å². The van der Waals surface area contributed by atoms with Gasteiger partial charge in [-0.25, -0.2) is 9.07 Å². The lowest BCUT2D eigenvalue weighted by molar-refractivity contribution is -0.122. The fraction of sp³-hybridized carbons (Fsp3) is 0.400. The van der Waals surface area contributed by atoms with Gasteiger partial charge in [-0.05, 0) is 31.4 Å². The van der Waals surface area contributed by atoms with Gasteiger partial charge in [0.05, 0.1) is 28.8 Å². The topological polar surface area (TPSA) is 81.8 Å². The third-order valence-electron chi connectivity index (χ3n) is 4.73. The summed E-state index contributed by atoms with van der Waals surface area (Å²) in [6, 6.07) is 4.33. The fourth-order valence-electron chi connectivity index (χ4n) is 3.23. The maximum absolute atomic E-state index is 14.1. The zero-order valence-electron chi connectivity index (χ0n) is 16.7. The van der Waals surface area contributed by atoms with E-state index >= 15 is 0 Å². The summed E-state index contributed by atoms with van der Waals surface area (Å²) in [5.74, 6) is -0.733. The fourth-order valence-corrected chi connectivity index (χ4v) is 3.23. The van der Waals surface area contributed by atoms with Crippen LogP contribution in [0.5, 0.6) is 0 Å². The van der Waals surface area contributed by atoms with Gasteiger partial charge >= 0.3 is 0 Å². The van der Waals surface area contributed by atoms with E-state index in [0.29, 0.717) is 22.2 Å². The Morgan fingerprint density at radius 2 is 2.00 bits per heavy atom. The Bertz CT molecular complexity index is 1100. The number of nitrogens with zero attached hydrogens (tertiary/aromatic N) is 4. The normalized spacial score (nSPS) is 12.5. The molecule has 1 atom stereocenters. The first-order valence-corrected chi connectivity index (χ1v) is 9.17. The van der Waals surface area contributed by atoms with Crippen LogP contribution in [0.15, 0.2) is 29.2 Å². The molecule has 0 fully saturated rings. The van der Waals surface area contributed by atoms with Crippen molar-refractivity contribution in [2.24, 2.45) is 7.05 Å². The van der Waals surface area contributed by atoms with Crippen LogP contribution in [0.25, 0.3) is 10.9 Å². The third-order valence-corrected chi connectivity index (χ3v) is 4.73. The number of halogens is 1. The van der Waals surface area contributed by atoms with Crippen molar-refractivity contribution in [2.45, 2.75) is 46.2 Å². The molecule has 2 heterocycles. The smallest absolute Gasteiger partial charge is 0.278 e. The van der Waals surface area contributed by atoms with E-state index in [-0.39, 0.29) is 23.8 Å². The molecular weight excluding hydrogens is 361 g/mol. The van der Waals surface area contributed by atoms with Gasteiger partial charge in [0.25, 0.3) is 5.56 Å². The highest BCUT2D eigenvalue weighted by Crippen LogP contribution is 2.21. The molecule has 8 heteroatoms. The summed E-state index contributed by atoms with van der Waals surface area (Å²) in [5.41, 5.74) is 2.14. The average Bonchev–Trinajstić information content (AvgIpc) is 2.95. The molecule has 1 unspecified atom stereocenters. The zero-order valence-corrected chi connectivity index (χ0v) is 16.7. The van der Waals surface area contributed by atoms with Gasteiger partial charge in [0, 0.05) is 12.6 Å². The first-order chi connectivity index (χ1) is 13.2. The van der Waals surface area contributed by atoms with E-state index in [1.807, 2.05) is 13.8 Å². The predicted octanol–water partition coefficient (Wildman–Crippen LogP) is 2.58. The molecule has 0 aliphatic rings. The second-order valence-electron chi connectivity index (χ2n) is 7.35. The number of aryl methyl sites for hydroxylation is 2. The van der Waals surface area contributed by atoms with Gasteiger partial charge in [-0.2, -0.15) is 10.2 Å². The molecule has 0 bridgehead atoms. The van der Waals surface area contributed by atoms with Crippen LogP contribution >= 0.6 is 0 Å². The standard InChI is InChI=1S/C20H24FN5O2/c1-11(2)19-18-16(25(5)24-19)9-22-26(20(18)28)10-17(27)23-13(4)14-7-6-12(3)8-15(14)21/h6-9,11,13H,10H2,1-5H3,(H,23,27). The highest BCUT2D eigenvalue weighted by Gasteiger charge is 2.19. The molecule has 0 spiro atoms. The molecule has 1 N–H and O–H groups in total. The predicted molar refractivity (Wildman–Crippen MR) is 105 cm³/mol. The number of fused-ring (bicyclic) bond motifs is 1. The molecule has 3 rings (SSSR count). The summed E-state index contributed by atoms with van der Waals surface area (Å²) >= 11 is 0. The largest absolute Gasteiger partial charge is 0.348 e. The molecule has 0 aliphatic carbocycles. The van der Waals surface area contributed by atoms with Gasteiger partial charge in [0.2, 0.25) is 5.91 Å². The Morgan fingerprint density at radius 3 is 2.64 bits per heavy atom. The maximum Gasteiger partial charge on any atom is 0.278 e. The van der Waals surface area contributed by atoms with Crippen molar-refractivity contribution in [3.8, 4) is 0 Å². The van der Waals surface area contributed by atoms with Crippen molar-refractivity contribution < 1.29 is 9.18 Å². The average molecular weight is 385 g/mol. The van der Waals surface area contributed by atoms with Crippen molar-refractivity contribution in [3.63, 3.8) is 0 Å². The Hall–Kier alpha value is -3.03. The molecule has 7 nitrogen and oxygen atoms in total. The minimum absolute atomic E-state index is 0.0608. The minimum Gasteiger partial charge on any atom is -0.348 e. The van der Waals surface area contributed by atoms with Crippen LogP contribution in [0, 0.1) is 12.7 Å². The Morgan fingerprint density at radius 1 is 1.29 bits per heavy atom. The summed E-state index contributed by atoms with van der Waals surface area (Å²) < 4.78 is 16.8. The van der Waals surface area contributed by atoms with Crippen LogP contribution in [0.2, 0.25) is 0 Å². The summed E-state index contributed by atoms with van der Waals surface area (Å²) in [6.07, 6.45) is 1.53. The molecule has 0 saturated heterocycles. The van der Waals surface area contributed by atoms with Crippen molar-refractivity contribution in [1.29, 1.82) is 0 Å². The van der Waals surface area contributed by atoms with Gasteiger partial charge in [-0.1, -0.05) is 26.0 Å². The summed E-state index contributed by atoms with van der Waals surface area (Å²) in [6.45, 7) is 7.16. The summed E-state index contributed by atoms with van der Waals surface area (Å²) in [4.78, 5) is 25.3. The lowest BCUT2D eigenvalue weighted by Crippen LogP contribution is -2.35. The highest BCUT2D eigenvalue weighted by atomic mass is 19.1. The van der Waals surface area contributed by atoms with E-state index in [1.54, 1.807) is 37.7 Å². The lowest BCUT2D eigenvalue weighted by Gasteiger charge is -2.16. The van der Waals surface area contributed by atoms with E-state index in [4.69, 9.17) is 0 Å². The number of hydrogen-bond donors (Lipinski definition) is 1. The molecule has 28 heavy (non-hydrogen) atoms. The van der Waals surface area contributed by atoms with E-state index in [0.717, 1.165) is 10.2 Å². The van der Waals surface area contributed by atoms with Crippen molar-refractivity contribution in [2.75, 3.05) is 0 Å². The number of aromatic nitrogens is 4. The first kappa shape index (κ1) is 19.7. The highest BCUT2D eigenvalue weighted by molar-refractivity contribution is 5.81. The minimum atomic E-state index is -0.530. The third kappa shape index (κ3) is 3.67. The summed E-state index contributed by atoms with van der Waals surface area (Å²) in [5, 5.41) is 11.7. The van der Waals surface area contributed by atoms with Crippen LogP contribution in [-0.2, 0) is 18.4 Å². The van der Waals surface area contributed by atoms with Crippen LogP contribution in [0.3, 0.4) is 0 Å². The number of amides is 1. The number of hydrogen-bond acceptors (Lipinski definition) is 4. The molecule has 0 aliphatic heterocycles. The van der Waals surface area contributed by atoms with E-state index < -0.39 is 11.9 Å². The number of nitrogens with one attached hydrogen (secondary N) is 1. The Balaban J connectivity index is 1.84. The van der Waals surface area contributed by atoms with Crippen LogP contribution < -0.4 is 10.9 Å². The number of carbonyl (C=O) groups excluding carboxylic acids is 1. The van der Waals surface area contributed by atoms with Crippen LogP contribution in [0.1, 0.15) is 49.6 Å². The van der Waals surface area contributed by atoms with Gasteiger partial charge in [0.15, 0.2) is 0 Å². The first-order valence-electron chi connectivity index (χ1n) is 9.17. The van der Waals surface area contributed by atoms with E-state index in [9.17, 15) is 14.0 Å². The maximum atomic E-state index is 14.1. The molecule has 3 aromatic rings.